The van der Waals surface area contributed by atoms with Crippen molar-refractivity contribution in [2.75, 3.05) is 0 Å². The smallest absolute Gasteiger partial charge is 0.336 e. The monoisotopic (exact) mass is 269 g/mol. The average molecular weight is 270 g/mol. The van der Waals surface area contributed by atoms with Crippen molar-refractivity contribution in [1.29, 1.82) is 0 Å². The Morgan fingerprint density at radius 2 is 1.83 bits per heavy atom. The van der Waals surface area contributed by atoms with E-state index in [4.69, 9.17) is 10.8 Å². The number of aromatic carboxylic acids is 1. The first-order valence-electron chi connectivity index (χ1n) is 6.28. The molecule has 3 N–H and O–H groups in total. The number of hydrogen-bond donors (Lipinski definition) is 2. The molecule has 3 nitrogen and oxygen atoms in total. The first kappa shape index (κ1) is 15.0. The number of carboxylic acids is 1. The number of hydrogen-bond acceptors (Lipinski definition) is 2. The fourth-order valence-corrected chi connectivity index (χ4v) is 2.73. The van der Waals surface area contributed by atoms with Crippen LogP contribution in [0.3, 0.4) is 0 Å². The maximum Gasteiger partial charge on any atom is 0.336 e. The Labute approximate surface area is 114 Å². The molecule has 0 spiro atoms. The Bertz CT molecular complexity index is 403. The number of nitrogens with two attached hydrogens (primary N) is 1. The lowest BCUT2D eigenvalue weighted by Crippen LogP contribution is -2.25. The van der Waals surface area contributed by atoms with Crippen LogP contribution in [0, 0.1) is 5.92 Å². The molecule has 0 aromatic heterocycles. The van der Waals surface area contributed by atoms with Crippen LogP contribution in [0.4, 0.5) is 0 Å². The molecule has 1 fully saturated rings. The zero-order valence-corrected chi connectivity index (χ0v) is 11.2. The third-order valence-electron chi connectivity index (χ3n) is 3.71. The SMILES string of the molecule is Cl.N[C@@H](c1ccccc1C(=O)O)C1CCCCC1. The van der Waals surface area contributed by atoms with Crippen molar-refractivity contribution in [2.24, 2.45) is 11.7 Å². The second-order valence-electron chi connectivity index (χ2n) is 4.82. The molecule has 1 aliphatic rings. The van der Waals surface area contributed by atoms with Crippen LogP contribution in [0.2, 0.25) is 0 Å². The fraction of sp³-hybridized carbons (Fsp3) is 0.500. The van der Waals surface area contributed by atoms with Crippen LogP contribution >= 0.6 is 12.4 Å². The van der Waals surface area contributed by atoms with Crippen molar-refractivity contribution in [3.05, 3.63) is 35.4 Å². The fourth-order valence-electron chi connectivity index (χ4n) is 2.73. The van der Waals surface area contributed by atoms with Crippen molar-refractivity contribution in [1.82, 2.24) is 0 Å². The van der Waals surface area contributed by atoms with Crippen LogP contribution in [0.1, 0.15) is 54.1 Å². The third kappa shape index (κ3) is 3.24. The molecular weight excluding hydrogens is 250 g/mol. The van der Waals surface area contributed by atoms with Gasteiger partial charge in [-0.2, -0.15) is 0 Å². The van der Waals surface area contributed by atoms with Gasteiger partial charge in [0, 0.05) is 6.04 Å². The van der Waals surface area contributed by atoms with Gasteiger partial charge in [0.2, 0.25) is 0 Å². The highest BCUT2D eigenvalue weighted by Crippen LogP contribution is 2.33. The number of rotatable bonds is 3. The Morgan fingerprint density at radius 3 is 2.44 bits per heavy atom. The Morgan fingerprint density at radius 1 is 1.22 bits per heavy atom. The van der Waals surface area contributed by atoms with E-state index in [1.54, 1.807) is 12.1 Å². The molecule has 0 bridgehead atoms. The lowest BCUT2D eigenvalue weighted by molar-refractivity contribution is 0.0694. The van der Waals surface area contributed by atoms with Gasteiger partial charge in [-0.25, -0.2) is 4.79 Å². The van der Waals surface area contributed by atoms with E-state index in [2.05, 4.69) is 0 Å². The molecule has 0 saturated heterocycles. The maximum atomic E-state index is 11.2. The van der Waals surface area contributed by atoms with Crippen LogP contribution < -0.4 is 5.73 Å². The zero-order valence-electron chi connectivity index (χ0n) is 10.3. The van der Waals surface area contributed by atoms with Gasteiger partial charge >= 0.3 is 5.97 Å². The molecule has 0 unspecified atom stereocenters. The predicted molar refractivity (Wildman–Crippen MR) is 74.2 cm³/mol. The Kier molecular flexibility index (Phi) is 5.63. The minimum absolute atomic E-state index is 0. The number of benzene rings is 1. The highest BCUT2D eigenvalue weighted by atomic mass is 35.5. The van der Waals surface area contributed by atoms with E-state index in [1.165, 1.54) is 19.3 Å². The molecule has 100 valence electrons. The minimum atomic E-state index is -0.883. The highest BCUT2D eigenvalue weighted by molar-refractivity contribution is 5.89. The highest BCUT2D eigenvalue weighted by Gasteiger charge is 2.24. The van der Waals surface area contributed by atoms with E-state index in [0.717, 1.165) is 18.4 Å². The van der Waals surface area contributed by atoms with Crippen molar-refractivity contribution < 1.29 is 9.90 Å². The van der Waals surface area contributed by atoms with Gasteiger partial charge in [0.1, 0.15) is 0 Å². The largest absolute Gasteiger partial charge is 0.478 e. The molecule has 0 radical (unpaired) electrons. The van der Waals surface area contributed by atoms with Gasteiger partial charge < -0.3 is 10.8 Å². The van der Waals surface area contributed by atoms with Crippen LogP contribution in [0.5, 0.6) is 0 Å². The van der Waals surface area contributed by atoms with Crippen molar-refractivity contribution in [2.45, 2.75) is 38.1 Å². The van der Waals surface area contributed by atoms with Crippen molar-refractivity contribution in [3.8, 4) is 0 Å². The van der Waals surface area contributed by atoms with Gasteiger partial charge in [-0.1, -0.05) is 37.5 Å². The van der Waals surface area contributed by atoms with Crippen molar-refractivity contribution >= 4 is 18.4 Å². The summed E-state index contributed by atoms with van der Waals surface area (Å²) in [5, 5.41) is 9.16. The van der Waals surface area contributed by atoms with E-state index in [9.17, 15) is 4.79 Å². The van der Waals surface area contributed by atoms with E-state index in [-0.39, 0.29) is 18.4 Å². The molecule has 1 atom stereocenters. The lowest BCUT2D eigenvalue weighted by Gasteiger charge is -2.28. The van der Waals surface area contributed by atoms with E-state index in [0.29, 0.717) is 11.5 Å². The third-order valence-corrected chi connectivity index (χ3v) is 3.71. The van der Waals surface area contributed by atoms with Gasteiger partial charge in [0.15, 0.2) is 0 Å². The van der Waals surface area contributed by atoms with Crippen LogP contribution in [0.15, 0.2) is 24.3 Å². The second-order valence-corrected chi connectivity index (χ2v) is 4.82. The maximum absolute atomic E-state index is 11.2. The first-order valence-corrected chi connectivity index (χ1v) is 6.28. The molecular formula is C14H20ClNO2. The van der Waals surface area contributed by atoms with Gasteiger partial charge in [0.05, 0.1) is 5.56 Å². The topological polar surface area (TPSA) is 63.3 Å². The molecule has 1 saturated carbocycles. The molecule has 1 aromatic rings. The summed E-state index contributed by atoms with van der Waals surface area (Å²) >= 11 is 0. The number of halogens is 1. The summed E-state index contributed by atoms with van der Waals surface area (Å²) in [6.07, 6.45) is 5.95. The van der Waals surface area contributed by atoms with Crippen molar-refractivity contribution in [3.63, 3.8) is 0 Å². The standard InChI is InChI=1S/C14H19NO2.ClH/c15-13(10-6-2-1-3-7-10)11-8-4-5-9-12(11)14(16)17;/h4-5,8-10,13H,1-3,6-7,15H2,(H,16,17);1H/t13-;/m1./s1. The number of carbonyl (C=O) groups is 1. The summed E-state index contributed by atoms with van der Waals surface area (Å²) in [6.45, 7) is 0. The molecule has 0 aliphatic heterocycles. The first-order chi connectivity index (χ1) is 8.20. The van der Waals surface area contributed by atoms with Crippen LogP contribution in [-0.4, -0.2) is 11.1 Å². The Balaban J connectivity index is 0.00000162. The van der Waals surface area contributed by atoms with E-state index < -0.39 is 5.97 Å². The minimum Gasteiger partial charge on any atom is -0.478 e. The zero-order chi connectivity index (χ0) is 12.3. The summed E-state index contributed by atoms with van der Waals surface area (Å²) in [6, 6.07) is 6.97. The van der Waals surface area contributed by atoms with Gasteiger partial charge in [-0.05, 0) is 30.4 Å². The van der Waals surface area contributed by atoms with E-state index in [1.807, 2.05) is 12.1 Å². The molecule has 2 rings (SSSR count). The summed E-state index contributed by atoms with van der Waals surface area (Å²) < 4.78 is 0. The molecule has 4 heteroatoms. The summed E-state index contributed by atoms with van der Waals surface area (Å²) in [5.41, 5.74) is 7.38. The Hall–Kier alpha value is -1.06. The number of carboxylic acid groups (broad SMARTS) is 1. The van der Waals surface area contributed by atoms with Gasteiger partial charge in [-0.3, -0.25) is 0 Å². The average Bonchev–Trinajstić information content (AvgIpc) is 2.39. The van der Waals surface area contributed by atoms with Crippen LogP contribution in [0.25, 0.3) is 0 Å². The molecule has 18 heavy (non-hydrogen) atoms. The normalized spacial score (nSPS) is 17.8. The molecule has 0 heterocycles. The predicted octanol–water partition coefficient (Wildman–Crippen LogP) is 3.39. The molecule has 0 amide bonds. The van der Waals surface area contributed by atoms with Gasteiger partial charge in [-0.15, -0.1) is 12.4 Å². The van der Waals surface area contributed by atoms with E-state index >= 15 is 0 Å². The quantitative estimate of drug-likeness (QED) is 0.884. The van der Waals surface area contributed by atoms with Gasteiger partial charge in [0.25, 0.3) is 0 Å². The summed E-state index contributed by atoms with van der Waals surface area (Å²) in [5.74, 6) is -0.448. The lowest BCUT2D eigenvalue weighted by atomic mass is 9.80. The van der Waals surface area contributed by atoms with Crippen LogP contribution in [-0.2, 0) is 0 Å². The summed E-state index contributed by atoms with van der Waals surface area (Å²) in [7, 11) is 0. The molecule has 1 aliphatic carbocycles. The second kappa shape index (κ2) is 6.76. The molecule has 1 aromatic carbocycles. The summed E-state index contributed by atoms with van der Waals surface area (Å²) in [4.78, 5) is 11.2.